The van der Waals surface area contributed by atoms with Crippen molar-refractivity contribution in [2.75, 3.05) is 6.61 Å². The first kappa shape index (κ1) is 15.4. The van der Waals surface area contributed by atoms with Crippen LogP contribution in [-0.2, 0) is 17.7 Å². The number of thioether (sulfide) groups is 1. The van der Waals surface area contributed by atoms with Crippen molar-refractivity contribution in [2.24, 2.45) is 0 Å². The Kier molecular flexibility index (Phi) is 5.04. The Balaban J connectivity index is 1.63. The summed E-state index contributed by atoms with van der Waals surface area (Å²) >= 11 is 1.52. The monoisotopic (exact) mass is 324 g/mol. The topological polar surface area (TPSA) is 91.8 Å². The molecule has 1 saturated heterocycles. The summed E-state index contributed by atoms with van der Waals surface area (Å²) in [7, 11) is 0. The molecule has 2 aromatic rings. The number of tetrazole rings is 1. The van der Waals surface area contributed by atoms with Gasteiger partial charge < -0.3 is 9.26 Å². The van der Waals surface area contributed by atoms with E-state index in [1.165, 1.54) is 11.8 Å². The van der Waals surface area contributed by atoms with Gasteiger partial charge in [0.15, 0.2) is 5.82 Å². The largest absolute Gasteiger partial charge is 0.376 e. The Bertz CT molecular complexity index is 595. The first-order valence-electron chi connectivity index (χ1n) is 7.63. The molecule has 0 aliphatic carbocycles. The minimum atomic E-state index is 0.00681. The molecule has 2 aromatic heterocycles. The van der Waals surface area contributed by atoms with Gasteiger partial charge in [0.25, 0.3) is 0 Å². The van der Waals surface area contributed by atoms with E-state index in [0.29, 0.717) is 12.4 Å². The van der Waals surface area contributed by atoms with E-state index in [0.717, 1.165) is 43.3 Å². The molecule has 22 heavy (non-hydrogen) atoms. The predicted molar refractivity (Wildman–Crippen MR) is 79.4 cm³/mol. The van der Waals surface area contributed by atoms with Gasteiger partial charge in [0.2, 0.25) is 11.0 Å². The summed E-state index contributed by atoms with van der Waals surface area (Å²) in [6, 6.07) is 0. The number of aryl methyl sites for hydroxylation is 1. The SMILES string of the molecule is CCCc1noc([C@@H](C)Sc2nnnn2C[C@@H]2CCCO2)n1. The highest BCUT2D eigenvalue weighted by Crippen LogP contribution is 2.32. The van der Waals surface area contributed by atoms with E-state index in [4.69, 9.17) is 9.26 Å². The Hall–Kier alpha value is -1.48. The predicted octanol–water partition coefficient (Wildman–Crippen LogP) is 2.04. The van der Waals surface area contributed by atoms with Crippen molar-refractivity contribution < 1.29 is 9.26 Å². The molecule has 3 heterocycles. The first-order chi connectivity index (χ1) is 10.8. The third kappa shape index (κ3) is 3.64. The van der Waals surface area contributed by atoms with Gasteiger partial charge in [-0.25, -0.2) is 4.68 Å². The van der Waals surface area contributed by atoms with Crippen molar-refractivity contribution in [3.8, 4) is 0 Å². The second kappa shape index (κ2) is 7.19. The van der Waals surface area contributed by atoms with Gasteiger partial charge in [-0.2, -0.15) is 4.98 Å². The molecule has 0 N–H and O–H groups in total. The van der Waals surface area contributed by atoms with E-state index < -0.39 is 0 Å². The summed E-state index contributed by atoms with van der Waals surface area (Å²) in [6.45, 7) is 5.62. The van der Waals surface area contributed by atoms with Crippen LogP contribution in [0.15, 0.2) is 9.68 Å². The zero-order valence-corrected chi connectivity index (χ0v) is 13.6. The molecular formula is C13H20N6O2S. The summed E-state index contributed by atoms with van der Waals surface area (Å²) in [5, 5.41) is 16.6. The summed E-state index contributed by atoms with van der Waals surface area (Å²) < 4.78 is 12.7. The second-order valence-corrected chi connectivity index (χ2v) is 6.65. The number of hydrogen-bond acceptors (Lipinski definition) is 8. The lowest BCUT2D eigenvalue weighted by Crippen LogP contribution is -2.17. The van der Waals surface area contributed by atoms with Crippen molar-refractivity contribution in [1.82, 2.24) is 30.3 Å². The van der Waals surface area contributed by atoms with E-state index in [2.05, 4.69) is 32.6 Å². The molecule has 120 valence electrons. The zero-order valence-electron chi connectivity index (χ0n) is 12.8. The number of nitrogens with zero attached hydrogens (tertiary/aromatic N) is 6. The van der Waals surface area contributed by atoms with Crippen LogP contribution >= 0.6 is 11.8 Å². The molecule has 3 rings (SSSR count). The van der Waals surface area contributed by atoms with Gasteiger partial charge in [0.05, 0.1) is 17.9 Å². The Morgan fingerprint density at radius 3 is 3.14 bits per heavy atom. The maximum atomic E-state index is 5.63. The van der Waals surface area contributed by atoms with Gasteiger partial charge in [0, 0.05) is 13.0 Å². The van der Waals surface area contributed by atoms with Gasteiger partial charge in [-0.15, -0.1) is 5.10 Å². The minimum absolute atomic E-state index is 0.00681. The molecule has 0 amide bonds. The quantitative estimate of drug-likeness (QED) is 0.714. The van der Waals surface area contributed by atoms with Crippen LogP contribution in [0.5, 0.6) is 0 Å². The highest BCUT2D eigenvalue weighted by Gasteiger charge is 2.22. The van der Waals surface area contributed by atoms with Crippen molar-refractivity contribution in [2.45, 2.75) is 62.6 Å². The fourth-order valence-corrected chi connectivity index (χ4v) is 3.17. The van der Waals surface area contributed by atoms with Crippen molar-refractivity contribution in [1.29, 1.82) is 0 Å². The molecule has 2 atom stereocenters. The van der Waals surface area contributed by atoms with Gasteiger partial charge in [-0.3, -0.25) is 0 Å². The summed E-state index contributed by atoms with van der Waals surface area (Å²) in [5.41, 5.74) is 0. The summed E-state index contributed by atoms with van der Waals surface area (Å²) in [5.74, 6) is 1.36. The van der Waals surface area contributed by atoms with E-state index in [1.54, 1.807) is 4.68 Å². The molecule has 0 radical (unpaired) electrons. The highest BCUT2D eigenvalue weighted by atomic mass is 32.2. The Morgan fingerprint density at radius 2 is 2.36 bits per heavy atom. The fourth-order valence-electron chi connectivity index (χ4n) is 2.34. The van der Waals surface area contributed by atoms with Crippen LogP contribution in [0.1, 0.15) is 50.1 Å². The molecule has 0 aromatic carbocycles. The molecule has 1 aliphatic heterocycles. The molecule has 0 spiro atoms. The molecule has 8 nitrogen and oxygen atoms in total. The average molecular weight is 324 g/mol. The lowest BCUT2D eigenvalue weighted by atomic mass is 10.2. The van der Waals surface area contributed by atoms with Crippen LogP contribution in [0.4, 0.5) is 0 Å². The van der Waals surface area contributed by atoms with Gasteiger partial charge >= 0.3 is 0 Å². The smallest absolute Gasteiger partial charge is 0.239 e. The van der Waals surface area contributed by atoms with E-state index >= 15 is 0 Å². The normalized spacial score (nSPS) is 19.6. The van der Waals surface area contributed by atoms with E-state index in [1.807, 2.05) is 6.92 Å². The lowest BCUT2D eigenvalue weighted by molar-refractivity contribution is 0.0911. The van der Waals surface area contributed by atoms with E-state index in [9.17, 15) is 0 Å². The van der Waals surface area contributed by atoms with Crippen LogP contribution in [-0.4, -0.2) is 43.1 Å². The van der Waals surface area contributed by atoms with Crippen LogP contribution in [0, 0.1) is 0 Å². The van der Waals surface area contributed by atoms with Crippen molar-refractivity contribution >= 4 is 11.8 Å². The zero-order chi connectivity index (χ0) is 15.4. The second-order valence-electron chi connectivity index (χ2n) is 5.34. The van der Waals surface area contributed by atoms with Crippen molar-refractivity contribution in [3.05, 3.63) is 11.7 Å². The minimum Gasteiger partial charge on any atom is -0.376 e. The Morgan fingerprint density at radius 1 is 1.45 bits per heavy atom. The highest BCUT2D eigenvalue weighted by molar-refractivity contribution is 7.99. The van der Waals surface area contributed by atoms with Crippen LogP contribution < -0.4 is 0 Å². The number of aromatic nitrogens is 6. The Labute approximate surface area is 133 Å². The maximum absolute atomic E-state index is 5.63. The number of rotatable bonds is 7. The third-order valence-corrected chi connectivity index (χ3v) is 4.55. The number of ether oxygens (including phenoxy) is 1. The number of hydrogen-bond donors (Lipinski definition) is 0. The molecule has 1 fully saturated rings. The molecular weight excluding hydrogens is 304 g/mol. The molecule has 0 bridgehead atoms. The van der Waals surface area contributed by atoms with Crippen molar-refractivity contribution in [3.63, 3.8) is 0 Å². The fraction of sp³-hybridized carbons (Fsp3) is 0.769. The standard InChI is InChI=1S/C13H20N6O2S/c1-3-5-11-14-12(21-16-11)9(2)22-13-15-17-18-19(13)8-10-6-4-7-20-10/h9-10H,3-8H2,1-2H3/t9-,10+/m1/s1. The molecule has 1 aliphatic rings. The van der Waals surface area contributed by atoms with Crippen LogP contribution in [0.25, 0.3) is 0 Å². The van der Waals surface area contributed by atoms with Gasteiger partial charge in [0.1, 0.15) is 0 Å². The lowest BCUT2D eigenvalue weighted by Gasteiger charge is -2.11. The van der Waals surface area contributed by atoms with Gasteiger partial charge in [-0.05, 0) is 36.6 Å². The molecule has 9 heteroatoms. The molecule has 0 saturated carbocycles. The third-order valence-electron chi connectivity index (χ3n) is 3.49. The maximum Gasteiger partial charge on any atom is 0.239 e. The summed E-state index contributed by atoms with van der Waals surface area (Å²) in [6.07, 6.45) is 4.20. The first-order valence-corrected chi connectivity index (χ1v) is 8.51. The summed E-state index contributed by atoms with van der Waals surface area (Å²) in [4.78, 5) is 4.41. The van der Waals surface area contributed by atoms with Gasteiger partial charge in [-0.1, -0.05) is 23.8 Å². The van der Waals surface area contributed by atoms with E-state index in [-0.39, 0.29) is 11.4 Å². The molecule has 0 unspecified atom stereocenters. The average Bonchev–Trinajstić information content (AvgIpc) is 3.23. The van der Waals surface area contributed by atoms with Crippen LogP contribution in [0.2, 0.25) is 0 Å². The van der Waals surface area contributed by atoms with Crippen LogP contribution in [0.3, 0.4) is 0 Å².